The fourth-order valence-corrected chi connectivity index (χ4v) is 3.96. The van der Waals surface area contributed by atoms with E-state index in [1.807, 2.05) is 18.0 Å². The maximum Gasteiger partial charge on any atom is 0.410 e. The molecule has 0 spiro atoms. The van der Waals surface area contributed by atoms with Crippen LogP contribution in [0.2, 0.25) is 0 Å². The molecule has 0 atom stereocenters. The number of rotatable bonds is 6. The lowest BCUT2D eigenvalue weighted by Gasteiger charge is -2.32. The topological polar surface area (TPSA) is 64.5 Å². The number of hydrogen-bond donors (Lipinski definition) is 0. The molecule has 2 fully saturated rings. The van der Waals surface area contributed by atoms with Crippen molar-refractivity contribution in [3.05, 3.63) is 23.3 Å². The lowest BCUT2D eigenvalue weighted by molar-refractivity contribution is 0.0442. The minimum absolute atomic E-state index is 0.130. The SMILES string of the molecule is CC1(OC(=O)N2CCC(CCOCc3ncc4c(n3)CCCC4)CC2)CC1. The van der Waals surface area contributed by atoms with Crippen molar-refractivity contribution in [1.29, 1.82) is 0 Å². The average molecular weight is 373 g/mol. The van der Waals surface area contributed by atoms with Gasteiger partial charge in [-0.25, -0.2) is 14.8 Å². The zero-order valence-electron chi connectivity index (χ0n) is 16.4. The van der Waals surface area contributed by atoms with Crippen molar-refractivity contribution in [2.75, 3.05) is 19.7 Å². The van der Waals surface area contributed by atoms with Gasteiger partial charge in [0, 0.05) is 31.6 Å². The van der Waals surface area contributed by atoms with Crippen LogP contribution >= 0.6 is 0 Å². The molecule has 0 radical (unpaired) electrons. The van der Waals surface area contributed by atoms with Crippen molar-refractivity contribution in [2.24, 2.45) is 5.92 Å². The Morgan fingerprint density at radius 2 is 2.04 bits per heavy atom. The fourth-order valence-electron chi connectivity index (χ4n) is 3.96. The van der Waals surface area contributed by atoms with E-state index in [0.717, 1.165) is 70.5 Å². The first-order valence-electron chi connectivity index (χ1n) is 10.5. The molecule has 1 aromatic rings. The second-order valence-electron chi connectivity index (χ2n) is 8.55. The zero-order valence-corrected chi connectivity index (χ0v) is 16.4. The Morgan fingerprint density at radius 3 is 2.81 bits per heavy atom. The van der Waals surface area contributed by atoms with Gasteiger partial charge in [-0.3, -0.25) is 0 Å². The van der Waals surface area contributed by atoms with E-state index in [9.17, 15) is 4.79 Å². The summed E-state index contributed by atoms with van der Waals surface area (Å²) in [7, 11) is 0. The monoisotopic (exact) mass is 373 g/mol. The zero-order chi connectivity index (χ0) is 18.7. The molecule has 148 valence electrons. The number of carbonyl (C=O) groups excluding carboxylic acids is 1. The highest BCUT2D eigenvalue weighted by Gasteiger charge is 2.42. The Hall–Kier alpha value is -1.69. The average Bonchev–Trinajstić information content (AvgIpc) is 3.42. The minimum Gasteiger partial charge on any atom is -0.443 e. The van der Waals surface area contributed by atoms with Crippen LogP contribution in [-0.4, -0.2) is 46.3 Å². The third kappa shape index (κ3) is 4.98. The molecule has 0 bridgehead atoms. The standard InChI is InChI=1S/C21H31N3O3/c1-21(9-10-21)27-20(25)24-11-6-16(7-12-24)8-13-26-15-19-22-14-17-4-2-3-5-18(17)23-19/h14,16H,2-13,15H2,1H3. The lowest BCUT2D eigenvalue weighted by atomic mass is 9.94. The second kappa shape index (κ2) is 8.13. The molecule has 1 saturated carbocycles. The molecule has 6 nitrogen and oxygen atoms in total. The normalized spacial score (nSPS) is 21.6. The van der Waals surface area contributed by atoms with Gasteiger partial charge in [0.2, 0.25) is 0 Å². The van der Waals surface area contributed by atoms with E-state index in [1.165, 1.54) is 24.1 Å². The summed E-state index contributed by atoms with van der Waals surface area (Å²) in [5.41, 5.74) is 2.35. The Morgan fingerprint density at radius 1 is 1.26 bits per heavy atom. The van der Waals surface area contributed by atoms with Crippen LogP contribution in [0.4, 0.5) is 4.79 Å². The molecule has 27 heavy (non-hydrogen) atoms. The van der Waals surface area contributed by atoms with Crippen LogP contribution in [0.25, 0.3) is 0 Å². The Kier molecular flexibility index (Phi) is 5.62. The largest absolute Gasteiger partial charge is 0.443 e. The van der Waals surface area contributed by atoms with Crippen LogP contribution in [0.1, 0.15) is 69.0 Å². The number of nitrogens with zero attached hydrogens (tertiary/aromatic N) is 3. The molecule has 1 aliphatic heterocycles. The van der Waals surface area contributed by atoms with Crippen molar-refractivity contribution >= 4 is 6.09 Å². The smallest absolute Gasteiger partial charge is 0.410 e. The van der Waals surface area contributed by atoms with Gasteiger partial charge in [0.1, 0.15) is 12.2 Å². The molecular formula is C21H31N3O3. The summed E-state index contributed by atoms with van der Waals surface area (Å²) < 4.78 is 11.4. The van der Waals surface area contributed by atoms with Crippen LogP contribution in [0, 0.1) is 5.92 Å². The minimum atomic E-state index is -0.180. The van der Waals surface area contributed by atoms with E-state index in [4.69, 9.17) is 9.47 Å². The first-order valence-corrected chi connectivity index (χ1v) is 10.5. The fraction of sp³-hybridized carbons (Fsp3) is 0.762. The molecule has 0 aromatic carbocycles. The van der Waals surface area contributed by atoms with Crippen LogP contribution in [0.3, 0.4) is 0 Å². The number of carbonyl (C=O) groups is 1. The molecule has 1 aromatic heterocycles. The van der Waals surface area contributed by atoms with Crippen molar-refractivity contribution in [3.8, 4) is 0 Å². The van der Waals surface area contributed by atoms with E-state index < -0.39 is 0 Å². The number of fused-ring (bicyclic) bond motifs is 1. The van der Waals surface area contributed by atoms with Crippen LogP contribution in [-0.2, 0) is 28.9 Å². The quantitative estimate of drug-likeness (QED) is 0.712. The van der Waals surface area contributed by atoms with Crippen molar-refractivity contribution in [1.82, 2.24) is 14.9 Å². The van der Waals surface area contributed by atoms with Crippen molar-refractivity contribution in [2.45, 2.75) is 76.9 Å². The van der Waals surface area contributed by atoms with Crippen LogP contribution < -0.4 is 0 Å². The third-order valence-corrected chi connectivity index (χ3v) is 6.18. The molecule has 0 unspecified atom stereocenters. The molecule has 6 heteroatoms. The molecule has 1 amide bonds. The summed E-state index contributed by atoms with van der Waals surface area (Å²) in [6, 6.07) is 0. The van der Waals surface area contributed by atoms with Crippen LogP contribution in [0.5, 0.6) is 0 Å². The van der Waals surface area contributed by atoms with Gasteiger partial charge >= 0.3 is 6.09 Å². The predicted molar refractivity (Wildman–Crippen MR) is 101 cm³/mol. The van der Waals surface area contributed by atoms with Gasteiger partial charge in [0.25, 0.3) is 0 Å². The molecule has 0 N–H and O–H groups in total. The molecule has 2 aliphatic carbocycles. The van der Waals surface area contributed by atoms with E-state index >= 15 is 0 Å². The highest BCUT2D eigenvalue weighted by Crippen LogP contribution is 2.39. The highest BCUT2D eigenvalue weighted by atomic mass is 16.6. The molecular weight excluding hydrogens is 342 g/mol. The van der Waals surface area contributed by atoms with Gasteiger partial charge in [-0.2, -0.15) is 0 Å². The summed E-state index contributed by atoms with van der Waals surface area (Å²) >= 11 is 0. The van der Waals surface area contributed by atoms with Crippen molar-refractivity contribution < 1.29 is 14.3 Å². The number of piperidine rings is 1. The number of ether oxygens (including phenoxy) is 2. The number of aryl methyl sites for hydroxylation is 2. The van der Waals surface area contributed by atoms with Gasteiger partial charge in [-0.1, -0.05) is 0 Å². The third-order valence-electron chi connectivity index (χ3n) is 6.18. The lowest BCUT2D eigenvalue weighted by Crippen LogP contribution is -2.40. The maximum atomic E-state index is 12.1. The number of hydrogen-bond acceptors (Lipinski definition) is 5. The summed E-state index contributed by atoms with van der Waals surface area (Å²) in [5, 5.41) is 0. The summed E-state index contributed by atoms with van der Waals surface area (Å²) in [6.07, 6.45) is 11.6. The Labute approximate surface area is 161 Å². The maximum absolute atomic E-state index is 12.1. The first-order chi connectivity index (χ1) is 13.1. The first kappa shape index (κ1) is 18.7. The number of amides is 1. The molecule has 3 aliphatic rings. The van der Waals surface area contributed by atoms with Gasteiger partial charge in [0.15, 0.2) is 5.82 Å². The van der Waals surface area contributed by atoms with E-state index in [0.29, 0.717) is 12.5 Å². The second-order valence-corrected chi connectivity index (χ2v) is 8.55. The molecule has 2 heterocycles. The Bertz CT molecular complexity index is 667. The summed E-state index contributed by atoms with van der Waals surface area (Å²) in [6.45, 7) is 4.84. The van der Waals surface area contributed by atoms with E-state index in [2.05, 4.69) is 9.97 Å². The predicted octanol–water partition coefficient (Wildman–Crippen LogP) is 3.66. The number of likely N-dealkylation sites (tertiary alicyclic amines) is 1. The van der Waals surface area contributed by atoms with Gasteiger partial charge in [-0.05, 0) is 76.2 Å². The van der Waals surface area contributed by atoms with Gasteiger partial charge in [0.05, 0.1) is 0 Å². The number of aromatic nitrogens is 2. The van der Waals surface area contributed by atoms with Crippen molar-refractivity contribution in [3.63, 3.8) is 0 Å². The van der Waals surface area contributed by atoms with Crippen LogP contribution in [0.15, 0.2) is 6.20 Å². The highest BCUT2D eigenvalue weighted by molar-refractivity contribution is 5.68. The van der Waals surface area contributed by atoms with Gasteiger partial charge in [-0.15, -0.1) is 0 Å². The van der Waals surface area contributed by atoms with Gasteiger partial charge < -0.3 is 14.4 Å². The van der Waals surface area contributed by atoms with E-state index in [-0.39, 0.29) is 11.7 Å². The molecule has 1 saturated heterocycles. The summed E-state index contributed by atoms with van der Waals surface area (Å²) in [4.78, 5) is 23.1. The Balaban J connectivity index is 1.13. The summed E-state index contributed by atoms with van der Waals surface area (Å²) in [5.74, 6) is 1.43. The van der Waals surface area contributed by atoms with E-state index in [1.54, 1.807) is 0 Å². The molecule has 4 rings (SSSR count).